The lowest BCUT2D eigenvalue weighted by Crippen LogP contribution is -2.12. The highest BCUT2D eigenvalue weighted by Gasteiger charge is 2.14. The van der Waals surface area contributed by atoms with Crippen molar-refractivity contribution in [3.05, 3.63) is 34.0 Å². The largest absolute Gasteiger partial charge is 0.459 e. The molecule has 1 heterocycles. The van der Waals surface area contributed by atoms with Crippen molar-refractivity contribution in [3.8, 4) is 0 Å². The summed E-state index contributed by atoms with van der Waals surface area (Å²) in [5.74, 6) is 1.02. The third-order valence-electron chi connectivity index (χ3n) is 2.76. The van der Waals surface area contributed by atoms with Gasteiger partial charge in [-0.1, -0.05) is 15.9 Å². The van der Waals surface area contributed by atoms with E-state index in [2.05, 4.69) is 41.2 Å². The second kappa shape index (κ2) is 3.99. The van der Waals surface area contributed by atoms with Crippen LogP contribution in [-0.2, 0) is 0 Å². The zero-order valence-electron chi connectivity index (χ0n) is 9.10. The molecule has 2 aromatic rings. The Balaban J connectivity index is 2.64. The Morgan fingerprint density at radius 1 is 1.40 bits per heavy atom. The maximum Gasteiger partial charge on any atom is 0.134 e. The van der Waals surface area contributed by atoms with Gasteiger partial charge >= 0.3 is 0 Å². The lowest BCUT2D eigenvalue weighted by molar-refractivity contribution is 0.471. The zero-order valence-corrected chi connectivity index (χ0v) is 10.7. The summed E-state index contributed by atoms with van der Waals surface area (Å²) in [6, 6.07) is 6.34. The smallest absolute Gasteiger partial charge is 0.134 e. The molecule has 0 aliphatic heterocycles. The van der Waals surface area contributed by atoms with Crippen LogP contribution >= 0.6 is 15.9 Å². The van der Waals surface area contributed by atoms with Crippen LogP contribution in [-0.4, -0.2) is 7.05 Å². The Labute approximate surface area is 97.8 Å². The normalized spacial score (nSPS) is 13.3. The van der Waals surface area contributed by atoms with Crippen molar-refractivity contribution >= 4 is 26.9 Å². The molecule has 1 atom stereocenters. The van der Waals surface area contributed by atoms with Gasteiger partial charge in [-0.05, 0) is 39.1 Å². The van der Waals surface area contributed by atoms with E-state index in [0.717, 1.165) is 15.8 Å². The number of nitrogens with one attached hydrogen (secondary N) is 1. The minimum Gasteiger partial charge on any atom is -0.459 e. The summed E-state index contributed by atoms with van der Waals surface area (Å²) in [6.45, 7) is 4.20. The molecule has 1 N–H and O–H groups in total. The molecule has 0 spiro atoms. The highest BCUT2D eigenvalue weighted by Crippen LogP contribution is 2.30. The van der Waals surface area contributed by atoms with Crippen molar-refractivity contribution in [3.63, 3.8) is 0 Å². The van der Waals surface area contributed by atoms with Gasteiger partial charge in [-0.25, -0.2) is 0 Å². The maximum absolute atomic E-state index is 5.82. The molecule has 0 fully saturated rings. The summed E-state index contributed by atoms with van der Waals surface area (Å²) in [5.41, 5.74) is 2.17. The van der Waals surface area contributed by atoms with Crippen molar-refractivity contribution < 1.29 is 4.42 Å². The third-order valence-corrected chi connectivity index (χ3v) is 3.25. The standard InChI is InChI=1S/C12H14BrNO/c1-7-10-6-9(13)4-5-11(10)15-12(7)8(2)14-3/h4-6,8,14H,1-3H3. The molecular weight excluding hydrogens is 254 g/mol. The first-order valence-corrected chi connectivity index (χ1v) is 5.78. The van der Waals surface area contributed by atoms with Crippen molar-refractivity contribution in [1.29, 1.82) is 0 Å². The van der Waals surface area contributed by atoms with E-state index in [4.69, 9.17) is 4.42 Å². The van der Waals surface area contributed by atoms with Crippen LogP contribution in [0.1, 0.15) is 24.3 Å². The first-order chi connectivity index (χ1) is 7.13. The molecule has 2 rings (SSSR count). The van der Waals surface area contributed by atoms with Crippen LogP contribution in [0.2, 0.25) is 0 Å². The van der Waals surface area contributed by atoms with Gasteiger partial charge in [0.25, 0.3) is 0 Å². The number of hydrogen-bond donors (Lipinski definition) is 1. The molecule has 0 radical (unpaired) electrons. The van der Waals surface area contributed by atoms with Gasteiger partial charge in [-0.3, -0.25) is 0 Å². The fourth-order valence-electron chi connectivity index (χ4n) is 1.76. The fraction of sp³-hybridized carbons (Fsp3) is 0.333. The molecule has 0 saturated heterocycles. The average Bonchev–Trinajstić information content (AvgIpc) is 2.55. The number of rotatable bonds is 2. The van der Waals surface area contributed by atoms with Crippen LogP contribution in [0, 0.1) is 6.92 Å². The number of furan rings is 1. The van der Waals surface area contributed by atoms with E-state index in [9.17, 15) is 0 Å². The number of hydrogen-bond acceptors (Lipinski definition) is 2. The van der Waals surface area contributed by atoms with E-state index in [1.165, 1.54) is 10.9 Å². The molecule has 0 saturated carbocycles. The predicted molar refractivity (Wildman–Crippen MR) is 66.1 cm³/mol. The van der Waals surface area contributed by atoms with Crippen LogP contribution in [0.5, 0.6) is 0 Å². The van der Waals surface area contributed by atoms with Gasteiger partial charge < -0.3 is 9.73 Å². The Morgan fingerprint density at radius 3 is 2.80 bits per heavy atom. The first kappa shape index (κ1) is 10.7. The van der Waals surface area contributed by atoms with Crippen LogP contribution in [0.15, 0.2) is 27.1 Å². The quantitative estimate of drug-likeness (QED) is 0.896. The Bertz CT molecular complexity index is 490. The molecule has 0 bridgehead atoms. The van der Waals surface area contributed by atoms with Crippen LogP contribution in [0.4, 0.5) is 0 Å². The first-order valence-electron chi connectivity index (χ1n) is 4.99. The van der Waals surface area contributed by atoms with Crippen molar-refractivity contribution in [1.82, 2.24) is 5.32 Å². The van der Waals surface area contributed by atoms with Gasteiger partial charge in [0.15, 0.2) is 0 Å². The lowest BCUT2D eigenvalue weighted by Gasteiger charge is -2.06. The van der Waals surface area contributed by atoms with E-state index in [1.54, 1.807) is 0 Å². The van der Waals surface area contributed by atoms with Gasteiger partial charge in [-0.2, -0.15) is 0 Å². The molecule has 0 aliphatic rings. The topological polar surface area (TPSA) is 25.2 Å². The zero-order chi connectivity index (χ0) is 11.0. The molecule has 80 valence electrons. The van der Waals surface area contributed by atoms with Crippen molar-refractivity contribution in [2.45, 2.75) is 19.9 Å². The summed E-state index contributed by atoms with van der Waals surface area (Å²) in [6.07, 6.45) is 0. The highest BCUT2D eigenvalue weighted by atomic mass is 79.9. The minimum absolute atomic E-state index is 0.246. The number of benzene rings is 1. The molecule has 15 heavy (non-hydrogen) atoms. The molecule has 2 nitrogen and oxygen atoms in total. The van der Waals surface area contributed by atoms with E-state index >= 15 is 0 Å². The number of fused-ring (bicyclic) bond motifs is 1. The fourth-order valence-corrected chi connectivity index (χ4v) is 2.12. The monoisotopic (exact) mass is 267 g/mol. The molecule has 0 amide bonds. The summed E-state index contributed by atoms with van der Waals surface area (Å²) in [5, 5.41) is 4.37. The molecule has 3 heteroatoms. The maximum atomic E-state index is 5.82. The average molecular weight is 268 g/mol. The summed E-state index contributed by atoms with van der Waals surface area (Å²) < 4.78 is 6.91. The molecule has 1 aromatic carbocycles. The van der Waals surface area contributed by atoms with Gasteiger partial charge in [0.2, 0.25) is 0 Å². The SMILES string of the molecule is CNC(C)c1oc2ccc(Br)cc2c1C. The van der Waals surface area contributed by atoms with E-state index in [-0.39, 0.29) is 6.04 Å². The Hall–Kier alpha value is -0.800. The van der Waals surface area contributed by atoms with Gasteiger partial charge in [0, 0.05) is 15.4 Å². The molecule has 0 aliphatic carbocycles. The highest BCUT2D eigenvalue weighted by molar-refractivity contribution is 9.10. The predicted octanol–water partition coefficient (Wildman–Crippen LogP) is 3.78. The second-order valence-corrected chi connectivity index (χ2v) is 4.66. The Morgan fingerprint density at radius 2 is 2.13 bits per heavy atom. The van der Waals surface area contributed by atoms with E-state index in [1.807, 2.05) is 19.2 Å². The molecule has 1 aromatic heterocycles. The van der Waals surface area contributed by atoms with Crippen LogP contribution in [0.3, 0.4) is 0 Å². The molecular formula is C12H14BrNO. The molecule has 1 unspecified atom stereocenters. The minimum atomic E-state index is 0.246. The van der Waals surface area contributed by atoms with Gasteiger partial charge in [-0.15, -0.1) is 0 Å². The summed E-state index contributed by atoms with van der Waals surface area (Å²) in [4.78, 5) is 0. The van der Waals surface area contributed by atoms with Gasteiger partial charge in [0.05, 0.1) is 6.04 Å². The lowest BCUT2D eigenvalue weighted by atomic mass is 10.1. The number of halogens is 1. The van der Waals surface area contributed by atoms with Crippen molar-refractivity contribution in [2.24, 2.45) is 0 Å². The van der Waals surface area contributed by atoms with Gasteiger partial charge in [0.1, 0.15) is 11.3 Å². The number of aryl methyl sites for hydroxylation is 1. The van der Waals surface area contributed by atoms with Crippen LogP contribution in [0.25, 0.3) is 11.0 Å². The van der Waals surface area contributed by atoms with E-state index in [0.29, 0.717) is 0 Å². The summed E-state index contributed by atoms with van der Waals surface area (Å²) in [7, 11) is 1.94. The van der Waals surface area contributed by atoms with Crippen molar-refractivity contribution in [2.75, 3.05) is 7.05 Å². The summed E-state index contributed by atoms with van der Waals surface area (Å²) >= 11 is 3.47. The third kappa shape index (κ3) is 1.82. The Kier molecular flexibility index (Phi) is 2.85. The second-order valence-electron chi connectivity index (χ2n) is 3.74. The van der Waals surface area contributed by atoms with E-state index < -0.39 is 0 Å². The van der Waals surface area contributed by atoms with Crippen LogP contribution < -0.4 is 5.32 Å².